The maximum absolute atomic E-state index is 12.8. The molecular formula is C23H31N3O5S. The molecule has 0 saturated heterocycles. The van der Waals surface area contributed by atoms with Gasteiger partial charge in [0.15, 0.2) is 5.11 Å². The molecule has 0 unspecified atom stereocenters. The van der Waals surface area contributed by atoms with Crippen LogP contribution in [0.3, 0.4) is 0 Å². The van der Waals surface area contributed by atoms with Crippen molar-refractivity contribution in [3.63, 3.8) is 0 Å². The number of nitrogens with one attached hydrogen (secondary N) is 3. The number of methoxy groups -OCH3 is 2. The monoisotopic (exact) mass is 461 g/mol. The summed E-state index contributed by atoms with van der Waals surface area (Å²) in [6, 6.07) is 10.4. The van der Waals surface area contributed by atoms with Gasteiger partial charge in [0.1, 0.15) is 17.2 Å². The van der Waals surface area contributed by atoms with Gasteiger partial charge >= 0.3 is 0 Å². The Hall–Kier alpha value is -3.04. The van der Waals surface area contributed by atoms with Crippen molar-refractivity contribution in [3.05, 3.63) is 42.0 Å². The molecule has 0 saturated carbocycles. The number of hydrogen-bond acceptors (Lipinski definition) is 6. The lowest BCUT2D eigenvalue weighted by Crippen LogP contribution is -2.30. The van der Waals surface area contributed by atoms with Crippen LogP contribution in [0.25, 0.3) is 0 Å². The number of benzene rings is 2. The molecular weight excluding hydrogens is 430 g/mol. The third-order valence-electron chi connectivity index (χ3n) is 4.34. The highest BCUT2D eigenvalue weighted by Crippen LogP contribution is 2.37. The molecule has 2 rings (SSSR count). The van der Waals surface area contributed by atoms with Crippen molar-refractivity contribution in [1.82, 2.24) is 5.32 Å². The van der Waals surface area contributed by atoms with E-state index in [9.17, 15) is 4.79 Å². The maximum atomic E-state index is 12.8. The van der Waals surface area contributed by atoms with Crippen LogP contribution in [0.5, 0.6) is 17.2 Å². The Bertz CT molecular complexity index is 890. The summed E-state index contributed by atoms with van der Waals surface area (Å²) in [5.41, 5.74) is 1.64. The van der Waals surface area contributed by atoms with E-state index in [0.29, 0.717) is 65.7 Å². The fourth-order valence-corrected chi connectivity index (χ4v) is 3.04. The van der Waals surface area contributed by atoms with Gasteiger partial charge in [-0.25, -0.2) is 0 Å². The third kappa shape index (κ3) is 7.58. The second kappa shape index (κ2) is 13.4. The quantitative estimate of drug-likeness (QED) is 0.322. The van der Waals surface area contributed by atoms with E-state index in [2.05, 4.69) is 16.0 Å². The van der Waals surface area contributed by atoms with Crippen LogP contribution in [0.2, 0.25) is 0 Å². The predicted octanol–water partition coefficient (Wildman–Crippen LogP) is 4.07. The van der Waals surface area contributed by atoms with Crippen LogP contribution in [0.1, 0.15) is 30.6 Å². The highest BCUT2D eigenvalue weighted by atomic mass is 32.1. The molecule has 0 aliphatic heterocycles. The summed E-state index contributed by atoms with van der Waals surface area (Å²) in [5, 5.41) is 9.63. The van der Waals surface area contributed by atoms with E-state index in [1.807, 2.05) is 13.8 Å². The number of rotatable bonds is 12. The summed E-state index contributed by atoms with van der Waals surface area (Å²) in [7, 11) is 3.24. The molecule has 0 radical (unpaired) electrons. The van der Waals surface area contributed by atoms with Gasteiger partial charge in [-0.05, 0) is 56.8 Å². The first kappa shape index (κ1) is 25.2. The SMILES string of the molecule is CCOc1cc(NC(=S)NCCCOC)c(OCC)cc1NC(=O)c1ccc(OC)cc1. The number of anilines is 2. The van der Waals surface area contributed by atoms with Gasteiger partial charge in [0.2, 0.25) is 0 Å². The molecule has 174 valence electrons. The van der Waals surface area contributed by atoms with Gasteiger partial charge < -0.3 is 34.9 Å². The van der Waals surface area contributed by atoms with Crippen LogP contribution < -0.4 is 30.2 Å². The Labute approximate surface area is 194 Å². The van der Waals surface area contributed by atoms with Crippen molar-refractivity contribution < 1.29 is 23.7 Å². The molecule has 8 nitrogen and oxygen atoms in total. The molecule has 2 aromatic rings. The van der Waals surface area contributed by atoms with Gasteiger partial charge in [-0.3, -0.25) is 4.79 Å². The van der Waals surface area contributed by atoms with E-state index < -0.39 is 0 Å². The van der Waals surface area contributed by atoms with Crippen molar-refractivity contribution in [3.8, 4) is 17.2 Å². The molecule has 0 spiro atoms. The van der Waals surface area contributed by atoms with Crippen LogP contribution in [-0.2, 0) is 4.74 Å². The normalized spacial score (nSPS) is 10.2. The smallest absolute Gasteiger partial charge is 0.255 e. The lowest BCUT2D eigenvalue weighted by Gasteiger charge is -2.19. The fraction of sp³-hybridized carbons (Fsp3) is 0.391. The minimum atomic E-state index is -0.271. The second-order valence-electron chi connectivity index (χ2n) is 6.62. The van der Waals surface area contributed by atoms with E-state index >= 15 is 0 Å². The molecule has 1 amide bonds. The van der Waals surface area contributed by atoms with E-state index in [1.54, 1.807) is 50.6 Å². The minimum absolute atomic E-state index is 0.271. The summed E-state index contributed by atoms with van der Waals surface area (Å²) in [4.78, 5) is 12.8. The van der Waals surface area contributed by atoms with Crippen LogP contribution in [0, 0.1) is 0 Å². The Morgan fingerprint density at radius 2 is 1.53 bits per heavy atom. The molecule has 0 heterocycles. The number of carbonyl (C=O) groups is 1. The third-order valence-corrected chi connectivity index (χ3v) is 4.59. The number of amides is 1. The maximum Gasteiger partial charge on any atom is 0.255 e. The standard InChI is InChI=1S/C23H31N3O5S/c1-5-30-20-15-19(26-23(32)24-12-7-13-28-3)21(31-6-2)14-18(20)25-22(27)16-8-10-17(29-4)11-9-16/h8-11,14-15H,5-7,12-13H2,1-4H3,(H,25,27)(H2,24,26,32). The summed E-state index contributed by atoms with van der Waals surface area (Å²) < 4.78 is 21.7. The van der Waals surface area contributed by atoms with Gasteiger partial charge in [-0.2, -0.15) is 0 Å². The Morgan fingerprint density at radius 3 is 2.06 bits per heavy atom. The molecule has 32 heavy (non-hydrogen) atoms. The van der Waals surface area contributed by atoms with Crippen molar-refractivity contribution in [2.24, 2.45) is 0 Å². The first-order chi connectivity index (χ1) is 15.5. The summed E-state index contributed by atoms with van der Waals surface area (Å²) in [6.45, 7) is 5.97. The molecule has 0 aliphatic carbocycles. The van der Waals surface area contributed by atoms with Crippen LogP contribution in [0.15, 0.2) is 36.4 Å². The molecule has 9 heteroatoms. The second-order valence-corrected chi connectivity index (χ2v) is 7.03. The average Bonchev–Trinajstić information content (AvgIpc) is 2.79. The van der Waals surface area contributed by atoms with E-state index in [0.717, 1.165) is 6.42 Å². The lowest BCUT2D eigenvalue weighted by molar-refractivity contribution is 0.102. The predicted molar refractivity (Wildman–Crippen MR) is 130 cm³/mol. The van der Waals surface area contributed by atoms with E-state index in [-0.39, 0.29) is 5.91 Å². The van der Waals surface area contributed by atoms with Gasteiger partial charge in [0.05, 0.1) is 31.7 Å². The Morgan fingerprint density at radius 1 is 0.938 bits per heavy atom. The molecule has 0 atom stereocenters. The Balaban J connectivity index is 2.23. The molecule has 0 aromatic heterocycles. The zero-order valence-corrected chi connectivity index (χ0v) is 19.8. The number of ether oxygens (including phenoxy) is 4. The number of carbonyl (C=O) groups excluding carboxylic acids is 1. The van der Waals surface area contributed by atoms with Crippen molar-refractivity contribution in [2.45, 2.75) is 20.3 Å². The number of thiocarbonyl (C=S) groups is 1. The van der Waals surface area contributed by atoms with Gasteiger partial charge in [-0.15, -0.1) is 0 Å². The summed E-state index contributed by atoms with van der Waals surface area (Å²) >= 11 is 5.39. The minimum Gasteiger partial charge on any atom is -0.497 e. The van der Waals surface area contributed by atoms with Crippen LogP contribution in [-0.4, -0.2) is 51.6 Å². The van der Waals surface area contributed by atoms with E-state index in [4.69, 9.17) is 31.2 Å². The van der Waals surface area contributed by atoms with Gasteiger partial charge in [0, 0.05) is 38.0 Å². The molecule has 2 aromatic carbocycles. The summed E-state index contributed by atoms with van der Waals surface area (Å²) in [5.74, 6) is 1.45. The highest BCUT2D eigenvalue weighted by molar-refractivity contribution is 7.80. The van der Waals surface area contributed by atoms with Crippen molar-refractivity contribution >= 4 is 34.6 Å². The zero-order chi connectivity index (χ0) is 23.3. The van der Waals surface area contributed by atoms with Gasteiger partial charge in [-0.1, -0.05) is 0 Å². The topological polar surface area (TPSA) is 90.1 Å². The molecule has 0 aliphatic rings. The molecule has 3 N–H and O–H groups in total. The summed E-state index contributed by atoms with van der Waals surface area (Å²) in [6.07, 6.45) is 0.831. The number of hydrogen-bond donors (Lipinski definition) is 3. The van der Waals surface area contributed by atoms with Gasteiger partial charge in [0.25, 0.3) is 5.91 Å². The van der Waals surface area contributed by atoms with E-state index in [1.165, 1.54) is 0 Å². The molecule has 0 fully saturated rings. The first-order valence-corrected chi connectivity index (χ1v) is 10.9. The van der Waals surface area contributed by atoms with Crippen LogP contribution in [0.4, 0.5) is 11.4 Å². The highest BCUT2D eigenvalue weighted by Gasteiger charge is 2.16. The Kier molecular flexibility index (Phi) is 10.6. The first-order valence-electron chi connectivity index (χ1n) is 10.4. The lowest BCUT2D eigenvalue weighted by atomic mass is 10.2. The largest absolute Gasteiger partial charge is 0.497 e. The van der Waals surface area contributed by atoms with Crippen molar-refractivity contribution in [1.29, 1.82) is 0 Å². The van der Waals surface area contributed by atoms with Crippen LogP contribution >= 0.6 is 12.2 Å². The average molecular weight is 462 g/mol. The fourth-order valence-electron chi connectivity index (χ4n) is 2.83. The van der Waals surface area contributed by atoms with Crippen molar-refractivity contribution in [2.75, 3.05) is 51.2 Å². The zero-order valence-electron chi connectivity index (χ0n) is 18.9. The molecule has 0 bridgehead atoms.